The van der Waals surface area contributed by atoms with E-state index in [0.717, 1.165) is 10.3 Å². The minimum Gasteiger partial charge on any atom is -0.468 e. The summed E-state index contributed by atoms with van der Waals surface area (Å²) in [7, 11) is 1.29. The molecule has 1 amide bonds. The van der Waals surface area contributed by atoms with Gasteiger partial charge in [0.25, 0.3) is 5.91 Å². The molecular formula is C19H14Cl2N2O3S. The van der Waals surface area contributed by atoms with Gasteiger partial charge in [0.05, 0.1) is 22.3 Å². The van der Waals surface area contributed by atoms with E-state index in [4.69, 9.17) is 27.9 Å². The van der Waals surface area contributed by atoms with Crippen molar-refractivity contribution in [3.63, 3.8) is 0 Å². The lowest BCUT2D eigenvalue weighted by Gasteiger charge is -2.05. The Kier molecular flexibility index (Phi) is 6.11. The van der Waals surface area contributed by atoms with Gasteiger partial charge in [-0.2, -0.15) is 4.99 Å². The third kappa shape index (κ3) is 4.66. The zero-order valence-electron chi connectivity index (χ0n) is 14.2. The fourth-order valence-electron chi connectivity index (χ4n) is 2.42. The largest absolute Gasteiger partial charge is 0.468 e. The minimum atomic E-state index is -0.477. The van der Waals surface area contributed by atoms with Crippen molar-refractivity contribution < 1.29 is 14.3 Å². The second-order valence-corrected chi connectivity index (χ2v) is 7.33. The predicted octanol–water partition coefficient (Wildman–Crippen LogP) is 4.32. The number of esters is 1. The highest BCUT2D eigenvalue weighted by Crippen LogP contribution is 2.29. The fourth-order valence-corrected chi connectivity index (χ4v) is 4.24. The number of benzene rings is 2. The van der Waals surface area contributed by atoms with Crippen molar-refractivity contribution in [3.8, 4) is 0 Å². The molecule has 0 saturated carbocycles. The van der Waals surface area contributed by atoms with E-state index >= 15 is 0 Å². The molecule has 0 aliphatic carbocycles. The van der Waals surface area contributed by atoms with Gasteiger partial charge in [-0.05, 0) is 23.8 Å². The second kappa shape index (κ2) is 8.52. The zero-order chi connectivity index (χ0) is 19.4. The fraction of sp³-hybridized carbons (Fsp3) is 0.105. The minimum absolute atomic E-state index is 0.119. The van der Waals surface area contributed by atoms with Crippen molar-refractivity contribution in [1.29, 1.82) is 0 Å². The molecule has 3 rings (SSSR count). The number of hydrogen-bond acceptors (Lipinski definition) is 4. The van der Waals surface area contributed by atoms with Gasteiger partial charge in [0.1, 0.15) is 6.54 Å². The van der Waals surface area contributed by atoms with Crippen molar-refractivity contribution in [1.82, 2.24) is 4.57 Å². The van der Waals surface area contributed by atoms with Gasteiger partial charge in [0.15, 0.2) is 4.80 Å². The van der Waals surface area contributed by atoms with Gasteiger partial charge in [-0.1, -0.05) is 64.9 Å². The van der Waals surface area contributed by atoms with Crippen LogP contribution in [0.3, 0.4) is 0 Å². The summed E-state index contributed by atoms with van der Waals surface area (Å²) in [5.41, 5.74) is 1.46. The Labute approximate surface area is 169 Å². The van der Waals surface area contributed by atoms with Crippen LogP contribution in [0, 0.1) is 0 Å². The Morgan fingerprint density at radius 3 is 2.67 bits per heavy atom. The van der Waals surface area contributed by atoms with E-state index < -0.39 is 11.9 Å². The van der Waals surface area contributed by atoms with E-state index in [0.29, 0.717) is 20.4 Å². The van der Waals surface area contributed by atoms with Crippen LogP contribution in [0.25, 0.3) is 16.3 Å². The highest BCUT2D eigenvalue weighted by Gasteiger charge is 2.15. The number of nitrogens with zero attached hydrogens (tertiary/aromatic N) is 2. The summed E-state index contributed by atoms with van der Waals surface area (Å²) in [6, 6.07) is 12.7. The smallest absolute Gasteiger partial charge is 0.325 e. The van der Waals surface area contributed by atoms with E-state index in [9.17, 15) is 9.59 Å². The molecule has 8 heteroatoms. The van der Waals surface area contributed by atoms with Gasteiger partial charge in [-0.15, -0.1) is 0 Å². The van der Waals surface area contributed by atoms with Crippen LogP contribution in [0.5, 0.6) is 0 Å². The first kappa shape index (κ1) is 19.4. The Balaban J connectivity index is 2.06. The number of carbonyl (C=O) groups excluding carboxylic acids is 2. The van der Waals surface area contributed by atoms with Crippen LogP contribution in [0.1, 0.15) is 5.56 Å². The number of halogens is 2. The molecule has 0 aliphatic rings. The van der Waals surface area contributed by atoms with Crippen molar-refractivity contribution in [2.45, 2.75) is 6.54 Å². The van der Waals surface area contributed by atoms with Crippen LogP contribution >= 0.6 is 34.5 Å². The number of fused-ring (bicyclic) bond motifs is 1. The molecule has 0 atom stereocenters. The SMILES string of the molecule is COC(=O)Cn1c(=NC(=O)/C=C/c2ccccc2)sc2cc(Cl)cc(Cl)c21. The van der Waals surface area contributed by atoms with Gasteiger partial charge in [0.2, 0.25) is 0 Å². The normalized spacial score (nSPS) is 12.0. The third-order valence-corrected chi connectivity index (χ3v) is 5.17. The van der Waals surface area contributed by atoms with Gasteiger partial charge in [-0.3, -0.25) is 9.59 Å². The predicted molar refractivity (Wildman–Crippen MR) is 108 cm³/mol. The van der Waals surface area contributed by atoms with Gasteiger partial charge in [-0.25, -0.2) is 0 Å². The first-order valence-corrected chi connectivity index (χ1v) is 9.42. The highest BCUT2D eigenvalue weighted by atomic mass is 35.5. The first-order chi connectivity index (χ1) is 13.0. The van der Waals surface area contributed by atoms with E-state index in [1.807, 2.05) is 30.3 Å². The Morgan fingerprint density at radius 1 is 1.22 bits per heavy atom. The quantitative estimate of drug-likeness (QED) is 0.466. The molecule has 1 aromatic heterocycles. The van der Waals surface area contributed by atoms with E-state index in [1.54, 1.807) is 22.8 Å². The maximum Gasteiger partial charge on any atom is 0.325 e. The van der Waals surface area contributed by atoms with Crippen LogP contribution in [-0.2, 0) is 20.9 Å². The van der Waals surface area contributed by atoms with Crippen LogP contribution in [0.4, 0.5) is 0 Å². The summed E-state index contributed by atoms with van der Waals surface area (Å²) in [5, 5.41) is 0.826. The topological polar surface area (TPSA) is 60.7 Å². The summed E-state index contributed by atoms with van der Waals surface area (Å²) >= 11 is 13.6. The Bertz CT molecular complexity index is 1100. The van der Waals surface area contributed by atoms with Crippen LogP contribution in [-0.4, -0.2) is 23.6 Å². The van der Waals surface area contributed by atoms with Crippen molar-refractivity contribution in [3.05, 3.63) is 69.0 Å². The molecule has 0 aliphatic heterocycles. The molecule has 0 radical (unpaired) electrons. The van der Waals surface area contributed by atoms with E-state index in [1.165, 1.54) is 24.5 Å². The molecule has 0 fully saturated rings. The molecule has 0 N–H and O–H groups in total. The number of amides is 1. The van der Waals surface area contributed by atoms with Crippen molar-refractivity contribution >= 4 is 62.7 Å². The number of rotatable bonds is 4. The summed E-state index contributed by atoms with van der Waals surface area (Å²) in [6.45, 7) is -0.119. The molecule has 0 bridgehead atoms. The molecule has 0 spiro atoms. The monoisotopic (exact) mass is 420 g/mol. The highest BCUT2D eigenvalue weighted by molar-refractivity contribution is 7.16. The average Bonchev–Trinajstić information content (AvgIpc) is 2.97. The molecule has 3 aromatic rings. The Morgan fingerprint density at radius 2 is 1.96 bits per heavy atom. The number of aromatic nitrogens is 1. The molecule has 2 aromatic carbocycles. The number of hydrogen-bond donors (Lipinski definition) is 0. The molecule has 5 nitrogen and oxygen atoms in total. The molecular weight excluding hydrogens is 407 g/mol. The van der Waals surface area contributed by atoms with Crippen LogP contribution in [0.15, 0.2) is 53.5 Å². The maximum absolute atomic E-state index is 12.3. The Hall–Kier alpha value is -2.41. The standard InChI is InChI=1S/C19H14Cl2N2O3S/c1-26-17(25)11-23-18-14(21)9-13(20)10-15(18)27-19(23)22-16(24)8-7-12-5-3-2-4-6-12/h2-10H,11H2,1H3/b8-7+,22-19?. The zero-order valence-corrected chi connectivity index (χ0v) is 16.5. The lowest BCUT2D eigenvalue weighted by atomic mass is 10.2. The number of methoxy groups -OCH3 is 1. The van der Waals surface area contributed by atoms with E-state index in [-0.39, 0.29) is 6.54 Å². The van der Waals surface area contributed by atoms with Gasteiger partial charge in [0, 0.05) is 11.1 Å². The number of ether oxygens (including phenoxy) is 1. The molecule has 27 heavy (non-hydrogen) atoms. The first-order valence-electron chi connectivity index (χ1n) is 7.85. The van der Waals surface area contributed by atoms with E-state index in [2.05, 4.69) is 4.99 Å². The molecule has 0 saturated heterocycles. The summed E-state index contributed by atoms with van der Waals surface area (Å²) < 4.78 is 7.01. The summed E-state index contributed by atoms with van der Waals surface area (Å²) in [6.07, 6.45) is 3.05. The number of thiazole rings is 1. The lowest BCUT2D eigenvalue weighted by Crippen LogP contribution is -2.22. The molecule has 138 valence electrons. The lowest BCUT2D eigenvalue weighted by molar-refractivity contribution is -0.141. The third-order valence-electron chi connectivity index (χ3n) is 3.63. The maximum atomic E-state index is 12.3. The number of carbonyl (C=O) groups is 2. The van der Waals surface area contributed by atoms with Crippen molar-refractivity contribution in [2.75, 3.05) is 7.11 Å². The van der Waals surface area contributed by atoms with Gasteiger partial charge < -0.3 is 9.30 Å². The van der Waals surface area contributed by atoms with Gasteiger partial charge >= 0.3 is 5.97 Å². The average molecular weight is 421 g/mol. The van der Waals surface area contributed by atoms with Crippen LogP contribution in [0.2, 0.25) is 10.0 Å². The molecule has 0 unspecified atom stereocenters. The van der Waals surface area contributed by atoms with Crippen LogP contribution < -0.4 is 4.80 Å². The van der Waals surface area contributed by atoms with Crippen molar-refractivity contribution in [2.24, 2.45) is 4.99 Å². The summed E-state index contributed by atoms with van der Waals surface area (Å²) in [4.78, 5) is 28.5. The second-order valence-electron chi connectivity index (χ2n) is 5.48. The molecule has 1 heterocycles. The summed E-state index contributed by atoms with van der Waals surface area (Å²) in [5.74, 6) is -0.930.